The average Bonchev–Trinajstić information content (AvgIpc) is 2.18. The molecule has 14 aromatic rings. The molecule has 81 heavy (non-hydrogen) atoms. The summed E-state index contributed by atoms with van der Waals surface area (Å²) in [7, 11) is 0. The number of nitrogens with zero attached hydrogens (tertiary/aromatic N) is 4. The van der Waals surface area contributed by atoms with Crippen LogP contribution in [0.25, 0.3) is 122 Å². The monoisotopic (exact) mass is 1030 g/mol. The van der Waals surface area contributed by atoms with E-state index >= 15 is 0 Å². The SMILES string of the molecule is Cc1cc(C)c2ccc3c(-c4ccccc4)cc(-c4cccc(C5(c6cccc(-c7cc(-c8ccccc8)c8ccc9c(C)cc(C)nc9c8n7)c6)c6cc(-c7ccccc7)ccc6-c6ccc(-c7ccccc7)cc65)c4)nc3c2n1. The largest absolute Gasteiger partial charge is 0.251 e. The highest BCUT2D eigenvalue weighted by Crippen LogP contribution is 2.58. The van der Waals surface area contributed by atoms with E-state index in [-0.39, 0.29) is 0 Å². The molecule has 0 spiro atoms. The molecule has 382 valence electrons. The molecule has 0 amide bonds. The lowest BCUT2D eigenvalue weighted by molar-refractivity contribution is 0.769. The summed E-state index contributed by atoms with van der Waals surface area (Å²) in [4.78, 5) is 21.8. The Morgan fingerprint density at radius 3 is 1.01 bits per heavy atom. The van der Waals surface area contributed by atoms with Crippen LogP contribution in [0.2, 0.25) is 0 Å². The summed E-state index contributed by atoms with van der Waals surface area (Å²) in [6.07, 6.45) is 0. The van der Waals surface area contributed by atoms with Crippen molar-refractivity contribution < 1.29 is 0 Å². The van der Waals surface area contributed by atoms with Crippen molar-refractivity contribution >= 4 is 43.6 Å². The lowest BCUT2D eigenvalue weighted by Crippen LogP contribution is -2.29. The number of fused-ring (bicyclic) bond motifs is 9. The van der Waals surface area contributed by atoms with Crippen LogP contribution >= 0.6 is 0 Å². The molecule has 0 unspecified atom stereocenters. The van der Waals surface area contributed by atoms with Gasteiger partial charge >= 0.3 is 0 Å². The van der Waals surface area contributed by atoms with E-state index in [9.17, 15) is 0 Å². The van der Waals surface area contributed by atoms with Gasteiger partial charge in [0.05, 0.1) is 38.9 Å². The third kappa shape index (κ3) is 7.89. The number of rotatable bonds is 8. The second-order valence-electron chi connectivity index (χ2n) is 21.9. The number of hydrogen-bond acceptors (Lipinski definition) is 4. The molecule has 0 aliphatic heterocycles. The van der Waals surface area contributed by atoms with E-state index in [1.807, 2.05) is 0 Å². The minimum atomic E-state index is -0.838. The van der Waals surface area contributed by atoms with Crippen molar-refractivity contribution in [3.63, 3.8) is 0 Å². The molecule has 4 heterocycles. The molecule has 0 fully saturated rings. The van der Waals surface area contributed by atoms with Crippen molar-refractivity contribution in [1.29, 1.82) is 0 Å². The maximum absolute atomic E-state index is 5.67. The first-order valence-corrected chi connectivity index (χ1v) is 27.9. The van der Waals surface area contributed by atoms with Crippen LogP contribution in [0.1, 0.15) is 44.8 Å². The highest BCUT2D eigenvalue weighted by Gasteiger charge is 2.47. The Balaban J connectivity index is 1.04. The van der Waals surface area contributed by atoms with Gasteiger partial charge in [0.2, 0.25) is 0 Å². The van der Waals surface area contributed by atoms with Gasteiger partial charge in [0.15, 0.2) is 0 Å². The number of pyridine rings is 4. The zero-order valence-electron chi connectivity index (χ0n) is 45.5. The average molecular weight is 1040 g/mol. The van der Waals surface area contributed by atoms with Gasteiger partial charge in [0.25, 0.3) is 0 Å². The van der Waals surface area contributed by atoms with Gasteiger partial charge in [-0.15, -0.1) is 0 Å². The molecule has 1 aliphatic carbocycles. The summed E-state index contributed by atoms with van der Waals surface area (Å²) in [5.41, 5.74) is 27.2. The fourth-order valence-corrected chi connectivity index (χ4v) is 13.2. The third-order valence-electron chi connectivity index (χ3n) is 16.9. The lowest BCUT2D eigenvalue weighted by atomic mass is 9.66. The Labute approximate surface area is 471 Å². The molecule has 0 bridgehead atoms. The maximum atomic E-state index is 5.67. The Bertz CT molecular complexity index is 4530. The maximum Gasteiger partial charge on any atom is 0.0978 e. The fourth-order valence-electron chi connectivity index (χ4n) is 13.2. The molecule has 4 nitrogen and oxygen atoms in total. The zero-order chi connectivity index (χ0) is 54.3. The highest BCUT2D eigenvalue weighted by molar-refractivity contribution is 6.11. The first kappa shape index (κ1) is 48.0. The molecule has 10 aromatic carbocycles. The van der Waals surface area contributed by atoms with Gasteiger partial charge in [0.1, 0.15) is 0 Å². The van der Waals surface area contributed by atoms with Crippen molar-refractivity contribution in [2.45, 2.75) is 33.1 Å². The molecular formula is C77H54N4. The molecule has 4 heteroatoms. The summed E-state index contributed by atoms with van der Waals surface area (Å²) < 4.78 is 0. The van der Waals surface area contributed by atoms with Crippen LogP contribution in [0.15, 0.2) is 255 Å². The van der Waals surface area contributed by atoms with Crippen LogP contribution in [-0.2, 0) is 5.41 Å². The van der Waals surface area contributed by atoms with Gasteiger partial charge < -0.3 is 0 Å². The number of aromatic nitrogens is 4. The van der Waals surface area contributed by atoms with E-state index in [0.717, 1.165) is 133 Å². The molecule has 0 radical (unpaired) electrons. The van der Waals surface area contributed by atoms with Gasteiger partial charge in [-0.3, -0.25) is 9.97 Å². The van der Waals surface area contributed by atoms with Crippen LogP contribution in [0, 0.1) is 27.7 Å². The molecule has 0 atom stereocenters. The first-order chi connectivity index (χ1) is 39.8. The molecule has 0 saturated carbocycles. The molecule has 0 saturated heterocycles. The highest BCUT2D eigenvalue weighted by atomic mass is 14.8. The van der Waals surface area contributed by atoms with E-state index in [4.69, 9.17) is 19.9 Å². The Hall–Kier alpha value is -10.2. The number of hydrogen-bond donors (Lipinski definition) is 0. The predicted octanol–water partition coefficient (Wildman–Crippen LogP) is 19.5. The fraction of sp³-hybridized carbons (Fsp3) is 0.0649. The summed E-state index contributed by atoms with van der Waals surface area (Å²) in [6.45, 7) is 8.50. The molecule has 0 N–H and O–H groups in total. The van der Waals surface area contributed by atoms with Gasteiger partial charge in [-0.1, -0.05) is 206 Å². The summed E-state index contributed by atoms with van der Waals surface area (Å²) in [5.74, 6) is 0. The van der Waals surface area contributed by atoms with Crippen LogP contribution in [-0.4, -0.2) is 19.9 Å². The zero-order valence-corrected chi connectivity index (χ0v) is 45.5. The Kier molecular flexibility index (Phi) is 11.3. The standard InChI is InChI=1S/C77H54N4/c1-47-39-49(3)78-73-61(47)35-37-65-67(53-23-13-7-14-24-53)45-71(80-75(65)73)57-27-17-29-59(41-57)77(69-43-55(51-19-9-5-10-20-51)31-33-63(69)64-34-32-56(44-70(64)77)52-21-11-6-12-22-52)60-30-18-28-58(42-60)72-46-68(54-25-15-8-16-26-54)66-38-36-62-48(2)40-50(4)79-74(62)76(66)81-72/h5-46H,1-4H3. The first-order valence-electron chi connectivity index (χ1n) is 27.9. The van der Waals surface area contributed by atoms with Gasteiger partial charge in [0, 0.05) is 44.1 Å². The van der Waals surface area contributed by atoms with Crippen molar-refractivity contribution in [2.24, 2.45) is 0 Å². The van der Waals surface area contributed by atoms with Crippen LogP contribution < -0.4 is 0 Å². The lowest BCUT2D eigenvalue weighted by Gasteiger charge is -2.35. The van der Waals surface area contributed by atoms with Crippen molar-refractivity contribution in [2.75, 3.05) is 0 Å². The summed E-state index contributed by atoms with van der Waals surface area (Å²) in [5, 5.41) is 4.37. The number of aryl methyl sites for hydroxylation is 4. The minimum Gasteiger partial charge on any atom is -0.251 e. The third-order valence-corrected chi connectivity index (χ3v) is 16.9. The van der Waals surface area contributed by atoms with Gasteiger partial charge in [-0.2, -0.15) is 0 Å². The van der Waals surface area contributed by atoms with Crippen molar-refractivity contribution in [3.05, 3.63) is 300 Å². The number of benzene rings is 10. The second-order valence-corrected chi connectivity index (χ2v) is 21.9. The molecule has 4 aromatic heterocycles. The van der Waals surface area contributed by atoms with Crippen molar-refractivity contribution in [1.82, 2.24) is 19.9 Å². The van der Waals surface area contributed by atoms with E-state index in [1.165, 1.54) is 33.4 Å². The van der Waals surface area contributed by atoms with Crippen LogP contribution in [0.4, 0.5) is 0 Å². The normalized spacial score (nSPS) is 12.5. The van der Waals surface area contributed by atoms with Crippen molar-refractivity contribution in [3.8, 4) is 78.1 Å². The van der Waals surface area contributed by atoms with E-state index in [0.29, 0.717) is 0 Å². The molecule has 1 aliphatic rings. The Morgan fingerprint density at radius 1 is 0.247 bits per heavy atom. The van der Waals surface area contributed by atoms with E-state index in [2.05, 4.69) is 282 Å². The minimum absolute atomic E-state index is 0.838. The second kappa shape index (κ2) is 19.0. The van der Waals surface area contributed by atoms with Crippen LogP contribution in [0.5, 0.6) is 0 Å². The quantitative estimate of drug-likeness (QED) is 0.142. The van der Waals surface area contributed by atoms with E-state index in [1.54, 1.807) is 0 Å². The molecular weight excluding hydrogens is 981 g/mol. The van der Waals surface area contributed by atoms with Gasteiger partial charge in [-0.05, 0) is 165 Å². The summed E-state index contributed by atoms with van der Waals surface area (Å²) in [6, 6.07) is 93.5. The smallest absolute Gasteiger partial charge is 0.0978 e. The molecule has 15 rings (SSSR count). The predicted molar refractivity (Wildman–Crippen MR) is 337 cm³/mol. The van der Waals surface area contributed by atoms with Crippen LogP contribution in [0.3, 0.4) is 0 Å². The summed E-state index contributed by atoms with van der Waals surface area (Å²) >= 11 is 0. The Morgan fingerprint density at radius 2 is 0.605 bits per heavy atom. The van der Waals surface area contributed by atoms with Gasteiger partial charge in [-0.25, -0.2) is 9.97 Å². The topological polar surface area (TPSA) is 51.6 Å². The van der Waals surface area contributed by atoms with E-state index < -0.39 is 5.41 Å².